The van der Waals surface area contributed by atoms with Gasteiger partial charge in [-0.1, -0.05) is 31.1 Å². The Morgan fingerprint density at radius 2 is 2.08 bits per heavy atom. The summed E-state index contributed by atoms with van der Waals surface area (Å²) in [5.74, 6) is 1.16. The highest BCUT2D eigenvalue weighted by atomic mass is 16.5. The third-order valence-corrected chi connectivity index (χ3v) is 3.92. The number of carbonyl (C=O) groups is 1. The number of hydrogen-bond acceptors (Lipinski definition) is 5. The molecule has 0 saturated carbocycles. The molecule has 2 aromatic rings. The molecule has 0 aliphatic carbocycles. The van der Waals surface area contributed by atoms with Gasteiger partial charge in [-0.2, -0.15) is 4.98 Å². The molecular weight excluding hydrogens is 318 g/mol. The first kappa shape index (κ1) is 19.1. The second-order valence-electron chi connectivity index (χ2n) is 7.38. The molecule has 1 amide bonds. The van der Waals surface area contributed by atoms with Crippen LogP contribution in [0.4, 0.5) is 0 Å². The van der Waals surface area contributed by atoms with Crippen molar-refractivity contribution in [2.45, 2.75) is 58.6 Å². The zero-order valence-corrected chi connectivity index (χ0v) is 15.6. The topological polar surface area (TPSA) is 79.5 Å². The molecule has 1 heterocycles. The summed E-state index contributed by atoms with van der Waals surface area (Å²) < 4.78 is 5.20. The average molecular weight is 345 g/mol. The van der Waals surface area contributed by atoms with Crippen molar-refractivity contribution in [3.8, 4) is 0 Å². The van der Waals surface area contributed by atoms with Gasteiger partial charge in [0.05, 0.1) is 12.1 Å². The smallest absolute Gasteiger partial charge is 0.254 e. The Morgan fingerprint density at radius 1 is 1.36 bits per heavy atom. The largest absolute Gasteiger partial charge is 0.390 e. The lowest BCUT2D eigenvalue weighted by Crippen LogP contribution is -2.26. The number of carbonyl (C=O) groups excluding carboxylic acids is 1. The van der Waals surface area contributed by atoms with Crippen molar-refractivity contribution in [3.63, 3.8) is 0 Å². The van der Waals surface area contributed by atoms with Gasteiger partial charge in [0, 0.05) is 18.5 Å². The maximum Gasteiger partial charge on any atom is 0.254 e. The van der Waals surface area contributed by atoms with Gasteiger partial charge in [0.2, 0.25) is 5.89 Å². The Bertz CT molecular complexity index is 717. The van der Waals surface area contributed by atoms with Crippen molar-refractivity contribution >= 4 is 5.91 Å². The number of amides is 1. The van der Waals surface area contributed by atoms with Gasteiger partial charge in [0.15, 0.2) is 5.82 Å². The van der Waals surface area contributed by atoms with Gasteiger partial charge in [0.1, 0.15) is 0 Å². The molecule has 25 heavy (non-hydrogen) atoms. The number of aromatic nitrogens is 2. The van der Waals surface area contributed by atoms with Crippen molar-refractivity contribution in [3.05, 3.63) is 47.1 Å². The van der Waals surface area contributed by atoms with Crippen LogP contribution in [0.25, 0.3) is 0 Å². The predicted octanol–water partition coefficient (Wildman–Crippen LogP) is 3.17. The number of rotatable bonds is 7. The third kappa shape index (κ3) is 5.67. The van der Waals surface area contributed by atoms with Crippen LogP contribution in [0.15, 0.2) is 28.8 Å². The molecule has 1 aromatic carbocycles. The Balaban J connectivity index is 2.03. The molecule has 2 rings (SSSR count). The van der Waals surface area contributed by atoms with Crippen molar-refractivity contribution in [1.29, 1.82) is 0 Å². The number of benzene rings is 1. The zero-order valence-electron chi connectivity index (χ0n) is 15.6. The van der Waals surface area contributed by atoms with Crippen molar-refractivity contribution in [2.75, 3.05) is 7.05 Å². The van der Waals surface area contributed by atoms with Gasteiger partial charge < -0.3 is 14.5 Å². The lowest BCUT2D eigenvalue weighted by Gasteiger charge is -2.18. The van der Waals surface area contributed by atoms with Crippen LogP contribution in [0, 0.1) is 0 Å². The molecule has 0 aliphatic heterocycles. The van der Waals surface area contributed by atoms with Crippen LogP contribution in [0.3, 0.4) is 0 Å². The van der Waals surface area contributed by atoms with E-state index in [9.17, 15) is 9.90 Å². The first-order valence-corrected chi connectivity index (χ1v) is 8.55. The summed E-state index contributed by atoms with van der Waals surface area (Å²) in [7, 11) is 1.71. The predicted molar refractivity (Wildman–Crippen MR) is 95.2 cm³/mol. The number of nitrogens with zero attached hydrogens (tertiary/aromatic N) is 3. The van der Waals surface area contributed by atoms with Gasteiger partial charge in [-0.3, -0.25) is 4.79 Å². The minimum atomic E-state index is -0.719. The average Bonchev–Trinajstić information content (AvgIpc) is 3.00. The van der Waals surface area contributed by atoms with E-state index in [1.807, 2.05) is 32.0 Å². The molecule has 136 valence electrons. The molecule has 0 atom stereocenters. The van der Waals surface area contributed by atoms with Gasteiger partial charge in [-0.15, -0.1) is 0 Å². The lowest BCUT2D eigenvalue weighted by molar-refractivity contribution is 0.0714. The Morgan fingerprint density at radius 3 is 2.68 bits per heavy atom. The van der Waals surface area contributed by atoms with E-state index >= 15 is 0 Å². The summed E-state index contributed by atoms with van der Waals surface area (Å²) in [5.41, 5.74) is 0.920. The fraction of sp³-hybridized carbons (Fsp3) is 0.526. The second-order valence-corrected chi connectivity index (χ2v) is 7.38. The standard InChI is InChI=1S/C19H27N3O3/c1-13(2)17-20-16(25-21-17)12-22(5)18(23)15-8-6-7-14(11-15)9-10-19(3,4)24/h6-8,11,13,24H,9-10,12H2,1-5H3. The number of hydrogen-bond donors (Lipinski definition) is 1. The normalized spacial score (nSPS) is 11.8. The van der Waals surface area contributed by atoms with E-state index in [0.29, 0.717) is 23.7 Å². The molecule has 0 fully saturated rings. The molecule has 6 nitrogen and oxygen atoms in total. The summed E-state index contributed by atoms with van der Waals surface area (Å²) in [6, 6.07) is 7.50. The van der Waals surface area contributed by atoms with E-state index in [2.05, 4.69) is 10.1 Å². The summed E-state index contributed by atoms with van der Waals surface area (Å²) in [4.78, 5) is 18.5. The first-order valence-electron chi connectivity index (χ1n) is 8.55. The van der Waals surface area contributed by atoms with Crippen LogP contribution in [0.2, 0.25) is 0 Å². The quantitative estimate of drug-likeness (QED) is 0.834. The fourth-order valence-corrected chi connectivity index (χ4v) is 2.37. The monoisotopic (exact) mass is 345 g/mol. The molecule has 0 saturated heterocycles. The van der Waals surface area contributed by atoms with E-state index in [4.69, 9.17) is 4.52 Å². The molecule has 0 unspecified atom stereocenters. The van der Waals surface area contributed by atoms with Crippen LogP contribution in [0.5, 0.6) is 0 Å². The van der Waals surface area contributed by atoms with E-state index in [1.165, 1.54) is 0 Å². The van der Waals surface area contributed by atoms with Crippen LogP contribution < -0.4 is 0 Å². The minimum absolute atomic E-state index is 0.102. The summed E-state index contributed by atoms with van der Waals surface area (Å²) in [5, 5.41) is 13.8. The third-order valence-electron chi connectivity index (χ3n) is 3.92. The molecule has 6 heteroatoms. The first-order chi connectivity index (χ1) is 11.7. The fourth-order valence-electron chi connectivity index (χ4n) is 2.37. The van der Waals surface area contributed by atoms with Crippen LogP contribution >= 0.6 is 0 Å². The highest BCUT2D eigenvalue weighted by Gasteiger charge is 2.17. The molecule has 0 radical (unpaired) electrons. The molecule has 0 spiro atoms. The zero-order chi connectivity index (χ0) is 18.6. The molecular formula is C19H27N3O3. The molecule has 1 N–H and O–H groups in total. The van der Waals surface area contributed by atoms with Crippen LogP contribution in [-0.4, -0.2) is 38.7 Å². The van der Waals surface area contributed by atoms with Crippen molar-refractivity contribution in [2.24, 2.45) is 0 Å². The number of aryl methyl sites for hydroxylation is 1. The van der Waals surface area contributed by atoms with E-state index in [1.54, 1.807) is 31.9 Å². The molecule has 0 aliphatic rings. The van der Waals surface area contributed by atoms with Crippen LogP contribution in [0.1, 0.15) is 67.7 Å². The van der Waals surface area contributed by atoms with Gasteiger partial charge in [0.25, 0.3) is 5.91 Å². The van der Waals surface area contributed by atoms with E-state index < -0.39 is 5.60 Å². The van der Waals surface area contributed by atoms with Crippen molar-refractivity contribution in [1.82, 2.24) is 15.0 Å². The Hall–Kier alpha value is -2.21. The SMILES string of the molecule is CC(C)c1noc(CN(C)C(=O)c2cccc(CCC(C)(C)O)c2)n1. The van der Waals surface area contributed by atoms with Crippen LogP contribution in [-0.2, 0) is 13.0 Å². The van der Waals surface area contributed by atoms with Gasteiger partial charge >= 0.3 is 0 Å². The van der Waals surface area contributed by atoms with Gasteiger partial charge in [-0.05, 0) is 44.4 Å². The summed E-state index contributed by atoms with van der Waals surface area (Å²) >= 11 is 0. The Labute approximate surface area is 148 Å². The molecule has 1 aromatic heterocycles. The summed E-state index contributed by atoms with van der Waals surface area (Å²) in [6.45, 7) is 7.81. The maximum atomic E-state index is 12.6. The maximum absolute atomic E-state index is 12.6. The summed E-state index contributed by atoms with van der Waals surface area (Å²) in [6.07, 6.45) is 1.36. The van der Waals surface area contributed by atoms with E-state index in [0.717, 1.165) is 12.0 Å². The van der Waals surface area contributed by atoms with Gasteiger partial charge in [-0.25, -0.2) is 0 Å². The second kappa shape index (κ2) is 7.78. The Kier molecular flexibility index (Phi) is 5.95. The minimum Gasteiger partial charge on any atom is -0.390 e. The highest BCUT2D eigenvalue weighted by Crippen LogP contribution is 2.16. The van der Waals surface area contributed by atoms with E-state index in [-0.39, 0.29) is 18.4 Å². The number of aliphatic hydroxyl groups is 1. The molecule has 0 bridgehead atoms. The highest BCUT2D eigenvalue weighted by molar-refractivity contribution is 5.94. The lowest BCUT2D eigenvalue weighted by atomic mass is 9.98. The van der Waals surface area contributed by atoms with Crippen molar-refractivity contribution < 1.29 is 14.4 Å².